The van der Waals surface area contributed by atoms with Gasteiger partial charge in [-0.1, -0.05) is 66.7 Å². The molecule has 5 heteroatoms. The molecule has 0 aliphatic heterocycles. The molecule has 0 unspecified atom stereocenters. The molecule has 5 nitrogen and oxygen atoms in total. The first-order valence-electron chi connectivity index (χ1n) is 11.6. The van der Waals surface area contributed by atoms with E-state index in [9.17, 15) is 9.90 Å². The number of aromatic hydroxyl groups is 1. The van der Waals surface area contributed by atoms with Crippen molar-refractivity contribution in [3.63, 3.8) is 0 Å². The highest BCUT2D eigenvalue weighted by atomic mass is 16.5. The molecule has 4 aromatic rings. The van der Waals surface area contributed by atoms with Crippen LogP contribution >= 0.6 is 0 Å². The number of carbonyl (C=O) groups is 1. The summed E-state index contributed by atoms with van der Waals surface area (Å²) in [6.07, 6.45) is 2.94. The van der Waals surface area contributed by atoms with E-state index >= 15 is 0 Å². The molecule has 178 valence electrons. The van der Waals surface area contributed by atoms with Gasteiger partial charge >= 0.3 is 5.97 Å². The van der Waals surface area contributed by atoms with Gasteiger partial charge in [-0.05, 0) is 65.4 Å². The SMILES string of the molecule is COC(=O)c1ccc(C=C(CNCCc2ccc(O)cc2)COc2cccc3ccccc23)cc1. The van der Waals surface area contributed by atoms with E-state index in [1.54, 1.807) is 24.3 Å². The lowest BCUT2D eigenvalue weighted by Crippen LogP contribution is -2.22. The Morgan fingerprint density at radius 1 is 0.914 bits per heavy atom. The Balaban J connectivity index is 1.46. The van der Waals surface area contributed by atoms with Gasteiger partial charge in [-0.2, -0.15) is 0 Å². The van der Waals surface area contributed by atoms with Crippen LogP contribution in [0.1, 0.15) is 21.5 Å². The number of methoxy groups -OCH3 is 1. The molecule has 0 saturated carbocycles. The predicted octanol–water partition coefficient (Wildman–Crippen LogP) is 5.63. The van der Waals surface area contributed by atoms with Gasteiger partial charge in [-0.3, -0.25) is 0 Å². The number of nitrogens with one attached hydrogen (secondary N) is 1. The average molecular weight is 468 g/mol. The number of fused-ring (bicyclic) bond motifs is 1. The Bertz CT molecular complexity index is 1290. The van der Waals surface area contributed by atoms with Crippen LogP contribution in [0.2, 0.25) is 0 Å². The minimum atomic E-state index is -0.351. The number of hydrogen-bond acceptors (Lipinski definition) is 5. The Kier molecular flexibility index (Phi) is 8.15. The van der Waals surface area contributed by atoms with Gasteiger partial charge in [0.05, 0.1) is 12.7 Å². The summed E-state index contributed by atoms with van der Waals surface area (Å²) in [6, 6.07) is 28.8. The Morgan fingerprint density at radius 2 is 1.66 bits per heavy atom. The van der Waals surface area contributed by atoms with Crippen LogP contribution in [0.4, 0.5) is 0 Å². The average Bonchev–Trinajstić information content (AvgIpc) is 2.90. The largest absolute Gasteiger partial charge is 0.508 e. The molecule has 0 fully saturated rings. The highest BCUT2D eigenvalue weighted by Crippen LogP contribution is 2.25. The molecule has 2 N–H and O–H groups in total. The number of phenols is 1. The fourth-order valence-electron chi connectivity index (χ4n) is 3.85. The first-order chi connectivity index (χ1) is 17.1. The first kappa shape index (κ1) is 24.0. The van der Waals surface area contributed by atoms with Crippen molar-refractivity contribution in [2.45, 2.75) is 6.42 Å². The zero-order valence-electron chi connectivity index (χ0n) is 19.7. The van der Waals surface area contributed by atoms with E-state index in [0.717, 1.165) is 46.2 Å². The van der Waals surface area contributed by atoms with Gasteiger partial charge in [-0.15, -0.1) is 0 Å². The van der Waals surface area contributed by atoms with E-state index in [4.69, 9.17) is 9.47 Å². The number of carbonyl (C=O) groups excluding carboxylic acids is 1. The van der Waals surface area contributed by atoms with Crippen LogP contribution in [-0.2, 0) is 11.2 Å². The molecule has 0 radical (unpaired) electrons. The highest BCUT2D eigenvalue weighted by Gasteiger charge is 2.07. The molecule has 35 heavy (non-hydrogen) atoms. The second-order valence-corrected chi connectivity index (χ2v) is 8.28. The number of rotatable bonds is 10. The second-order valence-electron chi connectivity index (χ2n) is 8.28. The monoisotopic (exact) mass is 467 g/mol. The van der Waals surface area contributed by atoms with Gasteiger partial charge in [0, 0.05) is 11.9 Å². The molecule has 0 amide bonds. The topological polar surface area (TPSA) is 67.8 Å². The number of ether oxygens (including phenoxy) is 2. The molecule has 4 rings (SSSR count). The fourth-order valence-corrected chi connectivity index (χ4v) is 3.85. The number of hydrogen-bond donors (Lipinski definition) is 2. The molecule has 4 aromatic carbocycles. The smallest absolute Gasteiger partial charge is 0.337 e. The first-order valence-corrected chi connectivity index (χ1v) is 11.6. The summed E-state index contributed by atoms with van der Waals surface area (Å²) in [4.78, 5) is 11.7. The minimum absolute atomic E-state index is 0.274. The number of phenolic OH excluding ortho intramolecular Hbond substituents is 1. The Morgan fingerprint density at radius 3 is 2.43 bits per heavy atom. The third-order valence-electron chi connectivity index (χ3n) is 5.74. The molecule has 0 heterocycles. The van der Waals surface area contributed by atoms with Gasteiger partial charge in [0.1, 0.15) is 18.1 Å². The molecule has 0 aliphatic rings. The molecule has 0 atom stereocenters. The van der Waals surface area contributed by atoms with Crippen molar-refractivity contribution in [2.75, 3.05) is 26.8 Å². The van der Waals surface area contributed by atoms with Gasteiger partial charge in [0.2, 0.25) is 0 Å². The van der Waals surface area contributed by atoms with E-state index in [1.165, 1.54) is 7.11 Å². The molecular formula is C30H29NO4. The van der Waals surface area contributed by atoms with Crippen molar-refractivity contribution in [1.29, 1.82) is 0 Å². The van der Waals surface area contributed by atoms with E-state index < -0.39 is 0 Å². The second kappa shape index (κ2) is 11.9. The maximum absolute atomic E-state index is 11.7. The van der Waals surface area contributed by atoms with E-state index in [0.29, 0.717) is 18.7 Å². The summed E-state index contributed by atoms with van der Waals surface area (Å²) in [5, 5.41) is 15.2. The zero-order chi connectivity index (χ0) is 24.5. The number of benzene rings is 4. The molecule has 0 spiro atoms. The summed E-state index contributed by atoms with van der Waals surface area (Å²) in [6.45, 7) is 1.87. The van der Waals surface area contributed by atoms with E-state index in [-0.39, 0.29) is 11.7 Å². The van der Waals surface area contributed by atoms with Crippen LogP contribution in [0, 0.1) is 0 Å². The fraction of sp³-hybridized carbons (Fsp3) is 0.167. The normalized spacial score (nSPS) is 11.4. The maximum Gasteiger partial charge on any atom is 0.337 e. The van der Waals surface area contributed by atoms with Crippen LogP contribution in [0.3, 0.4) is 0 Å². The Labute approximate surface area is 205 Å². The molecule has 0 saturated heterocycles. The molecule has 0 aromatic heterocycles. The van der Waals surface area contributed by atoms with E-state index in [2.05, 4.69) is 29.6 Å². The van der Waals surface area contributed by atoms with Crippen molar-refractivity contribution in [2.24, 2.45) is 0 Å². The molecular weight excluding hydrogens is 438 g/mol. The van der Waals surface area contributed by atoms with Gasteiger partial charge in [0.15, 0.2) is 0 Å². The van der Waals surface area contributed by atoms with E-state index in [1.807, 2.05) is 48.5 Å². The highest BCUT2D eigenvalue weighted by molar-refractivity contribution is 5.89. The lowest BCUT2D eigenvalue weighted by atomic mass is 10.1. The van der Waals surface area contributed by atoms with Crippen LogP contribution < -0.4 is 10.1 Å². The van der Waals surface area contributed by atoms with Crippen LogP contribution in [0.5, 0.6) is 11.5 Å². The lowest BCUT2D eigenvalue weighted by molar-refractivity contribution is 0.0600. The summed E-state index contributed by atoms with van der Waals surface area (Å²) in [5.41, 5.74) is 3.74. The lowest BCUT2D eigenvalue weighted by Gasteiger charge is -2.14. The summed E-state index contributed by atoms with van der Waals surface area (Å²) in [7, 11) is 1.38. The van der Waals surface area contributed by atoms with Crippen molar-refractivity contribution in [1.82, 2.24) is 5.32 Å². The third kappa shape index (κ3) is 6.71. The van der Waals surface area contributed by atoms with Gasteiger partial charge in [-0.25, -0.2) is 4.79 Å². The Hall–Kier alpha value is -4.09. The minimum Gasteiger partial charge on any atom is -0.508 e. The predicted molar refractivity (Wildman–Crippen MR) is 140 cm³/mol. The zero-order valence-corrected chi connectivity index (χ0v) is 19.7. The molecule has 0 aliphatic carbocycles. The van der Waals surface area contributed by atoms with Crippen LogP contribution in [-0.4, -0.2) is 37.9 Å². The van der Waals surface area contributed by atoms with Crippen LogP contribution in [0.25, 0.3) is 16.8 Å². The van der Waals surface area contributed by atoms with Gasteiger partial charge in [0.25, 0.3) is 0 Å². The van der Waals surface area contributed by atoms with Crippen molar-refractivity contribution in [3.8, 4) is 11.5 Å². The maximum atomic E-state index is 11.7. The van der Waals surface area contributed by atoms with Crippen LogP contribution in [0.15, 0.2) is 96.6 Å². The quantitative estimate of drug-likeness (QED) is 0.234. The third-order valence-corrected chi connectivity index (χ3v) is 5.74. The van der Waals surface area contributed by atoms with Gasteiger partial charge < -0.3 is 19.9 Å². The number of esters is 1. The van der Waals surface area contributed by atoms with Crippen molar-refractivity contribution < 1.29 is 19.4 Å². The standard InChI is InChI=1S/C30H29NO4/c1-34-30(33)26-13-9-23(10-14-26)19-24(20-31-18-17-22-11-15-27(32)16-12-22)21-35-29-8-4-6-25-5-2-3-7-28(25)29/h2-16,19,31-32H,17-18,20-21H2,1H3. The summed E-state index contributed by atoms with van der Waals surface area (Å²) >= 11 is 0. The van der Waals surface area contributed by atoms with Crippen molar-refractivity contribution >= 4 is 22.8 Å². The molecule has 0 bridgehead atoms. The van der Waals surface area contributed by atoms with Crippen molar-refractivity contribution in [3.05, 3.63) is 113 Å². The summed E-state index contributed by atoms with van der Waals surface area (Å²) in [5.74, 6) is 0.769. The summed E-state index contributed by atoms with van der Waals surface area (Å²) < 4.78 is 11.0.